The predicted octanol–water partition coefficient (Wildman–Crippen LogP) is 7.85. The molecule has 0 radical (unpaired) electrons. The van der Waals surface area contributed by atoms with Crippen molar-refractivity contribution in [3.8, 4) is 5.88 Å². The zero-order valence-corrected chi connectivity index (χ0v) is 20.4. The van der Waals surface area contributed by atoms with Crippen LogP contribution in [0.2, 0.25) is 5.02 Å². The number of aromatic nitrogens is 1. The normalized spacial score (nSPS) is 11.3. The van der Waals surface area contributed by atoms with Gasteiger partial charge in [-0.15, -0.1) is 10.2 Å². The molecule has 0 aliphatic carbocycles. The molecule has 0 aliphatic heterocycles. The van der Waals surface area contributed by atoms with Crippen LogP contribution in [0.25, 0.3) is 10.9 Å². The molecule has 32 heavy (non-hydrogen) atoms. The summed E-state index contributed by atoms with van der Waals surface area (Å²) in [4.78, 5) is 0. The van der Waals surface area contributed by atoms with Crippen molar-refractivity contribution < 1.29 is 5.11 Å². The van der Waals surface area contributed by atoms with Crippen LogP contribution in [0.5, 0.6) is 5.88 Å². The van der Waals surface area contributed by atoms with Crippen LogP contribution in [-0.2, 0) is 13.0 Å². The van der Waals surface area contributed by atoms with Gasteiger partial charge in [-0.1, -0.05) is 70.9 Å². The largest absolute Gasteiger partial charge is 0.493 e. The number of para-hydroxylation sites is 1. The summed E-state index contributed by atoms with van der Waals surface area (Å²) in [6, 6.07) is 21.2. The Morgan fingerprint density at radius 3 is 2.56 bits per heavy atom. The van der Waals surface area contributed by atoms with Gasteiger partial charge in [-0.2, -0.15) is 0 Å². The topological polar surface area (TPSA) is 61.9 Å². The van der Waals surface area contributed by atoms with Crippen molar-refractivity contribution >= 4 is 67.1 Å². The van der Waals surface area contributed by atoms with Gasteiger partial charge in [0.25, 0.3) is 0 Å². The summed E-state index contributed by atoms with van der Waals surface area (Å²) in [7, 11) is 0. The molecule has 0 saturated carbocycles. The molecule has 8 heteroatoms. The van der Waals surface area contributed by atoms with Gasteiger partial charge in [0, 0.05) is 20.6 Å². The summed E-state index contributed by atoms with van der Waals surface area (Å²) >= 11 is 15.2. The number of aromatic hydroxyl groups is 1. The second-order valence-electron chi connectivity index (χ2n) is 7.15. The van der Waals surface area contributed by atoms with Gasteiger partial charge in [0.05, 0.1) is 12.1 Å². The molecule has 4 rings (SSSR count). The molecule has 0 atom stereocenters. The molecular weight excluding hydrogens is 508 g/mol. The van der Waals surface area contributed by atoms with Gasteiger partial charge in [0.15, 0.2) is 5.69 Å². The van der Waals surface area contributed by atoms with Crippen LogP contribution in [0, 0.1) is 0 Å². The van der Waals surface area contributed by atoms with Gasteiger partial charge in [0.1, 0.15) is 0 Å². The van der Waals surface area contributed by atoms with E-state index in [1.54, 1.807) is 4.57 Å². The van der Waals surface area contributed by atoms with Crippen molar-refractivity contribution in [3.05, 3.63) is 87.4 Å². The zero-order chi connectivity index (χ0) is 22.7. The highest BCUT2D eigenvalue weighted by Gasteiger charge is 2.18. The van der Waals surface area contributed by atoms with Crippen LogP contribution in [-0.4, -0.2) is 14.8 Å². The Balaban J connectivity index is 1.69. The molecule has 5 nitrogen and oxygen atoms in total. The van der Waals surface area contributed by atoms with E-state index >= 15 is 0 Å². The van der Waals surface area contributed by atoms with Crippen molar-refractivity contribution in [1.82, 2.24) is 4.57 Å². The number of hydrogen-bond donors (Lipinski definition) is 2. The number of hydrogen-bond acceptors (Lipinski definition) is 3. The van der Waals surface area contributed by atoms with Gasteiger partial charge in [0.2, 0.25) is 11.0 Å². The molecule has 4 aromatic rings. The maximum Gasteiger partial charge on any atom is 0.221 e. The molecule has 0 unspecified atom stereocenters. The second kappa shape index (κ2) is 9.81. The van der Waals surface area contributed by atoms with E-state index in [1.807, 2.05) is 66.7 Å². The number of thiocarbonyl (C=S) groups is 1. The van der Waals surface area contributed by atoms with Crippen molar-refractivity contribution in [1.29, 1.82) is 0 Å². The van der Waals surface area contributed by atoms with Crippen molar-refractivity contribution in [2.45, 2.75) is 19.9 Å². The Morgan fingerprint density at radius 2 is 1.81 bits per heavy atom. The molecule has 0 fully saturated rings. The summed E-state index contributed by atoms with van der Waals surface area (Å²) in [5.74, 6) is -0.00136. The van der Waals surface area contributed by atoms with Crippen molar-refractivity contribution in [3.63, 3.8) is 0 Å². The summed E-state index contributed by atoms with van der Waals surface area (Å²) in [6.45, 7) is 2.47. The maximum absolute atomic E-state index is 11.0. The van der Waals surface area contributed by atoms with Gasteiger partial charge in [-0.3, -0.25) is 0 Å². The minimum atomic E-state index is -0.00136. The molecule has 2 N–H and O–H groups in total. The lowest BCUT2D eigenvalue weighted by Crippen LogP contribution is -2.07. The van der Waals surface area contributed by atoms with E-state index in [0.717, 1.165) is 38.6 Å². The molecule has 0 saturated heterocycles. The van der Waals surface area contributed by atoms with E-state index in [2.05, 4.69) is 38.4 Å². The van der Waals surface area contributed by atoms with E-state index in [-0.39, 0.29) is 11.0 Å². The number of benzene rings is 3. The summed E-state index contributed by atoms with van der Waals surface area (Å²) < 4.78 is 2.63. The van der Waals surface area contributed by atoms with E-state index in [9.17, 15) is 5.11 Å². The average Bonchev–Trinajstić information content (AvgIpc) is 3.04. The van der Waals surface area contributed by atoms with Crippen molar-refractivity contribution in [2.75, 3.05) is 5.32 Å². The molecule has 3 aromatic carbocycles. The fraction of sp³-hybridized carbons (Fsp3) is 0.125. The van der Waals surface area contributed by atoms with Gasteiger partial charge in [-0.25, -0.2) is 0 Å². The Labute approximate surface area is 204 Å². The Morgan fingerprint density at radius 1 is 1.09 bits per heavy atom. The monoisotopic (exact) mass is 526 g/mol. The lowest BCUT2D eigenvalue weighted by molar-refractivity contribution is 0.429. The highest BCUT2D eigenvalue weighted by Crippen LogP contribution is 2.41. The number of aryl methyl sites for hydroxylation is 1. The summed E-state index contributed by atoms with van der Waals surface area (Å²) in [5.41, 5.74) is 4.08. The van der Waals surface area contributed by atoms with Gasteiger partial charge in [-0.05, 0) is 60.1 Å². The smallest absolute Gasteiger partial charge is 0.221 e. The highest BCUT2D eigenvalue weighted by molar-refractivity contribution is 9.10. The number of fused-ring (bicyclic) bond motifs is 1. The van der Waals surface area contributed by atoms with Gasteiger partial charge < -0.3 is 15.0 Å². The second-order valence-corrected chi connectivity index (χ2v) is 8.86. The number of anilines is 1. The molecule has 0 bridgehead atoms. The quantitative estimate of drug-likeness (QED) is 0.205. The molecule has 1 aromatic heterocycles. The molecule has 1 heterocycles. The lowest BCUT2D eigenvalue weighted by atomic mass is 10.1. The first-order valence-electron chi connectivity index (χ1n) is 10.0. The average molecular weight is 528 g/mol. The summed E-state index contributed by atoms with van der Waals surface area (Å²) in [5, 5.41) is 24.2. The van der Waals surface area contributed by atoms with E-state index in [4.69, 9.17) is 23.8 Å². The van der Waals surface area contributed by atoms with Crippen LogP contribution in [0.1, 0.15) is 18.1 Å². The number of halogens is 2. The lowest BCUT2D eigenvalue weighted by Gasteiger charge is -2.09. The van der Waals surface area contributed by atoms with E-state index in [0.29, 0.717) is 17.3 Å². The summed E-state index contributed by atoms with van der Waals surface area (Å²) in [6.07, 6.45) is 0.868. The number of nitrogens with zero attached hydrogens (tertiary/aromatic N) is 3. The third kappa shape index (κ3) is 4.70. The van der Waals surface area contributed by atoms with E-state index in [1.165, 1.54) is 0 Å². The highest BCUT2D eigenvalue weighted by atomic mass is 79.9. The van der Waals surface area contributed by atoms with Crippen LogP contribution in [0.4, 0.5) is 11.4 Å². The van der Waals surface area contributed by atoms with Crippen molar-refractivity contribution in [2.24, 2.45) is 10.2 Å². The third-order valence-electron chi connectivity index (χ3n) is 5.14. The minimum absolute atomic E-state index is 0.00136. The third-order valence-corrected chi connectivity index (χ3v) is 6.18. The molecule has 0 spiro atoms. The first-order chi connectivity index (χ1) is 15.5. The van der Waals surface area contributed by atoms with Crippen LogP contribution >= 0.6 is 39.7 Å². The fourth-order valence-corrected chi connectivity index (χ4v) is 4.24. The maximum atomic E-state index is 11.0. The molecule has 0 amide bonds. The Kier molecular flexibility index (Phi) is 6.89. The first-order valence-corrected chi connectivity index (χ1v) is 11.6. The standard InChI is InChI=1S/C24H20BrClN4OS/c1-2-15-7-4-6-10-20(15)27-24(32)29-28-22-18-13-17(25)11-12-21(18)30(23(22)31)14-16-8-3-5-9-19(16)26/h3-13,31H,2,14H2,1H3,(H,27,32). The predicted molar refractivity (Wildman–Crippen MR) is 138 cm³/mol. The Hall–Kier alpha value is -2.74. The SMILES string of the molecule is CCc1ccccc1NC(=S)N=Nc1c(O)n(Cc2ccccc2Cl)c2ccc(Br)cc12. The number of azo groups is 1. The first kappa shape index (κ1) is 22.5. The van der Waals surface area contributed by atoms with Crippen LogP contribution in [0.3, 0.4) is 0 Å². The fourth-order valence-electron chi connectivity index (χ4n) is 3.54. The zero-order valence-electron chi connectivity index (χ0n) is 17.2. The molecule has 0 aliphatic rings. The number of nitrogens with one attached hydrogen (secondary N) is 1. The van der Waals surface area contributed by atoms with Crippen LogP contribution < -0.4 is 5.32 Å². The minimum Gasteiger partial charge on any atom is -0.493 e. The molecule has 162 valence electrons. The molecular formula is C24H20BrClN4OS. The Bertz CT molecular complexity index is 1340. The van der Waals surface area contributed by atoms with E-state index < -0.39 is 0 Å². The number of rotatable bonds is 5. The van der Waals surface area contributed by atoms with Gasteiger partial charge >= 0.3 is 0 Å². The van der Waals surface area contributed by atoms with Crippen LogP contribution in [0.15, 0.2) is 81.4 Å².